The number of ether oxygens (including phenoxy) is 1. The summed E-state index contributed by atoms with van der Waals surface area (Å²) in [6, 6.07) is 6.81. The summed E-state index contributed by atoms with van der Waals surface area (Å²) >= 11 is 3.20. The minimum Gasteiger partial charge on any atom is -0.371 e. The van der Waals surface area contributed by atoms with Crippen molar-refractivity contribution in [1.29, 1.82) is 0 Å². The number of halogens is 5. The van der Waals surface area contributed by atoms with Crippen LogP contribution in [0.1, 0.15) is 48.8 Å². The molecule has 0 aliphatic carbocycles. The summed E-state index contributed by atoms with van der Waals surface area (Å²) in [4.78, 5) is 28.6. The fourth-order valence-electron chi connectivity index (χ4n) is 5.69. The second-order valence-corrected chi connectivity index (χ2v) is 14.2. The molecule has 15 heteroatoms. The van der Waals surface area contributed by atoms with Crippen molar-refractivity contribution in [3.63, 3.8) is 0 Å². The summed E-state index contributed by atoms with van der Waals surface area (Å²) in [6.07, 6.45) is -1.64. The van der Waals surface area contributed by atoms with Crippen LogP contribution < -0.4 is 15.4 Å². The van der Waals surface area contributed by atoms with Gasteiger partial charge in [-0.25, -0.2) is 17.5 Å². The third kappa shape index (κ3) is 10.5. The second-order valence-electron chi connectivity index (χ2n) is 11.5. The molecule has 248 valence electrons. The molecule has 9 nitrogen and oxygen atoms in total. The van der Waals surface area contributed by atoms with Crippen LogP contribution in [-0.4, -0.2) is 69.2 Å². The number of hydrogen-bond acceptors (Lipinski definition) is 6. The molecule has 0 saturated carbocycles. The van der Waals surface area contributed by atoms with Crippen LogP contribution in [0, 0.1) is 11.7 Å². The van der Waals surface area contributed by atoms with Crippen LogP contribution in [-0.2, 0) is 43.7 Å². The van der Waals surface area contributed by atoms with E-state index in [-0.39, 0.29) is 43.7 Å². The Balaban J connectivity index is 1.51. The Morgan fingerprint density at radius 2 is 1.89 bits per heavy atom. The molecule has 3 N–H and O–H groups in total. The highest BCUT2D eigenvalue weighted by atomic mass is 79.9. The highest BCUT2D eigenvalue weighted by molar-refractivity contribution is 9.10. The zero-order valence-electron chi connectivity index (χ0n) is 24.7. The summed E-state index contributed by atoms with van der Waals surface area (Å²) in [5.41, 5.74) is -0.373. The Morgan fingerprint density at radius 3 is 2.56 bits per heavy atom. The first-order chi connectivity index (χ1) is 21.2. The van der Waals surface area contributed by atoms with E-state index in [1.165, 1.54) is 23.1 Å². The van der Waals surface area contributed by atoms with E-state index in [1.54, 1.807) is 12.1 Å². The number of carbonyl (C=O) groups is 2. The number of alkyl halides is 3. The molecule has 0 aromatic heterocycles. The molecule has 2 aliphatic heterocycles. The van der Waals surface area contributed by atoms with Crippen LogP contribution in [0.25, 0.3) is 0 Å². The number of piperidine rings is 1. The monoisotopic (exact) mass is 720 g/mol. The van der Waals surface area contributed by atoms with E-state index < -0.39 is 57.6 Å². The number of rotatable bonds is 12. The Kier molecular flexibility index (Phi) is 12.0. The van der Waals surface area contributed by atoms with Crippen molar-refractivity contribution >= 4 is 37.8 Å². The van der Waals surface area contributed by atoms with Gasteiger partial charge in [-0.15, -0.1) is 0 Å². The smallest absolute Gasteiger partial charge is 0.371 e. The van der Waals surface area contributed by atoms with Crippen molar-refractivity contribution in [2.45, 2.75) is 69.6 Å². The minimum atomic E-state index is -4.55. The molecule has 3 atom stereocenters. The van der Waals surface area contributed by atoms with E-state index in [2.05, 4.69) is 31.3 Å². The second kappa shape index (κ2) is 15.3. The Bertz CT molecular complexity index is 1460. The lowest BCUT2D eigenvalue weighted by molar-refractivity contribution is -0.140. The molecule has 0 spiro atoms. The van der Waals surface area contributed by atoms with Crippen LogP contribution in [0.15, 0.2) is 46.9 Å². The van der Waals surface area contributed by atoms with Gasteiger partial charge in [0.05, 0.1) is 24.5 Å². The fourth-order valence-corrected chi connectivity index (χ4v) is 6.75. The van der Waals surface area contributed by atoms with Crippen molar-refractivity contribution in [2.75, 3.05) is 25.9 Å². The van der Waals surface area contributed by atoms with Crippen molar-refractivity contribution in [2.24, 2.45) is 5.92 Å². The zero-order chi connectivity index (χ0) is 32.8. The maximum absolute atomic E-state index is 14.4. The number of likely N-dealkylation sites (tertiary alicyclic amines) is 1. The number of hydrogen-bond donors (Lipinski definition) is 3. The van der Waals surface area contributed by atoms with Crippen LogP contribution >= 0.6 is 15.9 Å². The van der Waals surface area contributed by atoms with Crippen LogP contribution in [0.5, 0.6) is 0 Å². The number of nitrogens with zero attached hydrogens (tertiary/aromatic N) is 1. The highest BCUT2D eigenvalue weighted by Crippen LogP contribution is 2.30. The van der Waals surface area contributed by atoms with Crippen molar-refractivity contribution in [3.05, 3.63) is 69.4 Å². The number of carbonyl (C=O) groups excluding carboxylic acids is 2. The molecule has 45 heavy (non-hydrogen) atoms. The van der Waals surface area contributed by atoms with E-state index in [0.717, 1.165) is 44.3 Å². The fraction of sp³-hybridized carbons (Fsp3) is 0.533. The average Bonchev–Trinajstić information content (AvgIpc) is 3.41. The topological polar surface area (TPSA) is 117 Å². The molecule has 2 aromatic carbocycles. The number of sulfonamides is 1. The van der Waals surface area contributed by atoms with Crippen LogP contribution in [0.2, 0.25) is 0 Å². The van der Waals surface area contributed by atoms with Gasteiger partial charge in [0.25, 0.3) is 0 Å². The number of nitrogens with one attached hydrogen (secondary N) is 3. The van der Waals surface area contributed by atoms with Crippen molar-refractivity contribution < 1.29 is 40.3 Å². The molecule has 2 aliphatic rings. The molecule has 2 saturated heterocycles. The summed E-state index contributed by atoms with van der Waals surface area (Å²) < 4.78 is 87.4. The normalized spacial score (nSPS) is 20.3. The first-order valence-electron chi connectivity index (χ1n) is 14.7. The maximum atomic E-state index is 14.4. The first-order valence-corrected chi connectivity index (χ1v) is 17.4. The van der Waals surface area contributed by atoms with Crippen LogP contribution in [0.3, 0.4) is 0 Å². The third-order valence-electron chi connectivity index (χ3n) is 8.04. The van der Waals surface area contributed by atoms with Crippen molar-refractivity contribution in [1.82, 2.24) is 20.3 Å². The van der Waals surface area contributed by atoms with E-state index in [0.29, 0.717) is 16.8 Å². The van der Waals surface area contributed by atoms with E-state index in [4.69, 9.17) is 4.74 Å². The molecule has 0 unspecified atom stereocenters. The number of amides is 2. The van der Waals surface area contributed by atoms with Gasteiger partial charge in [0.1, 0.15) is 17.9 Å². The summed E-state index contributed by atoms with van der Waals surface area (Å²) in [6.45, 7) is 1.25. The standard InChI is InChI=1S/C30H37BrF4N4O5S/c1-45(42,43)38-26(8-5-19-9-11-36-12-10-19)29(41)39-17-24(44-18-21-6-7-23(31)14-25(21)32)15-27(39)28(40)37-16-20-3-2-4-22(13-20)30(33,34)35/h2-4,6-7,13-14,19,24,26-27,36,38H,5,8-12,15-18H2,1H3,(H,37,40)/t24-,26-,27+/m1/s1. The van der Waals surface area contributed by atoms with E-state index >= 15 is 0 Å². The summed E-state index contributed by atoms with van der Waals surface area (Å²) in [5, 5.41) is 5.89. The lowest BCUT2D eigenvalue weighted by atomic mass is 9.91. The van der Waals surface area contributed by atoms with E-state index in [1.807, 2.05) is 0 Å². The molecular formula is C30H37BrF4N4O5S. The van der Waals surface area contributed by atoms with Gasteiger partial charge in [0.15, 0.2) is 0 Å². The zero-order valence-corrected chi connectivity index (χ0v) is 27.1. The van der Waals surface area contributed by atoms with E-state index in [9.17, 15) is 35.6 Å². The molecule has 2 aromatic rings. The highest BCUT2D eigenvalue weighted by Gasteiger charge is 2.43. The average molecular weight is 722 g/mol. The Morgan fingerprint density at radius 1 is 1.16 bits per heavy atom. The number of benzene rings is 2. The predicted octanol–water partition coefficient (Wildman–Crippen LogP) is 4.11. The molecule has 0 bridgehead atoms. The maximum Gasteiger partial charge on any atom is 0.416 e. The Labute approximate surface area is 268 Å². The SMILES string of the molecule is CS(=O)(=O)N[C@H](CCC1CCNCC1)C(=O)N1C[C@H](OCc2ccc(Br)cc2F)C[C@H]1C(=O)NCc1cccc(C(F)(F)F)c1. The van der Waals surface area contributed by atoms with Gasteiger partial charge in [-0.1, -0.05) is 34.1 Å². The lowest BCUT2D eigenvalue weighted by Gasteiger charge is -2.30. The lowest BCUT2D eigenvalue weighted by Crippen LogP contribution is -2.53. The molecular weight excluding hydrogens is 684 g/mol. The summed E-state index contributed by atoms with van der Waals surface area (Å²) in [7, 11) is -3.80. The van der Waals surface area contributed by atoms with Gasteiger partial charge in [-0.3, -0.25) is 9.59 Å². The molecule has 0 radical (unpaired) electrons. The quantitative estimate of drug-likeness (QED) is 0.285. The van der Waals surface area contributed by atoms with Gasteiger partial charge in [0, 0.05) is 29.5 Å². The molecule has 2 heterocycles. The molecule has 2 fully saturated rings. The van der Waals surface area contributed by atoms with Gasteiger partial charge < -0.3 is 20.3 Å². The third-order valence-corrected chi connectivity index (χ3v) is 9.24. The van der Waals surface area contributed by atoms with Crippen molar-refractivity contribution in [3.8, 4) is 0 Å². The van der Waals surface area contributed by atoms with Gasteiger partial charge in [-0.2, -0.15) is 13.2 Å². The van der Waals surface area contributed by atoms with Crippen LogP contribution in [0.4, 0.5) is 17.6 Å². The largest absolute Gasteiger partial charge is 0.416 e. The van der Waals surface area contributed by atoms with Gasteiger partial charge >= 0.3 is 6.18 Å². The minimum absolute atomic E-state index is 0.0260. The predicted molar refractivity (Wildman–Crippen MR) is 163 cm³/mol. The first kappa shape index (κ1) is 35.3. The van der Waals surface area contributed by atoms with Gasteiger partial charge in [-0.05, 0) is 74.5 Å². The summed E-state index contributed by atoms with van der Waals surface area (Å²) in [5.74, 6) is -1.42. The Hall–Kier alpha value is -2.59. The molecule has 4 rings (SSSR count). The van der Waals surface area contributed by atoms with Gasteiger partial charge in [0.2, 0.25) is 21.8 Å². The molecule has 2 amide bonds.